The van der Waals surface area contributed by atoms with Gasteiger partial charge in [-0.25, -0.2) is 0 Å². The molecule has 1 aromatic carbocycles. The van der Waals surface area contributed by atoms with Crippen molar-refractivity contribution in [2.45, 2.75) is 27.2 Å². The van der Waals surface area contributed by atoms with Crippen LogP contribution in [0.3, 0.4) is 0 Å². The molecule has 0 unspecified atom stereocenters. The number of aliphatic imine (C=N–C) groups is 1. The summed E-state index contributed by atoms with van der Waals surface area (Å²) in [5, 5.41) is 2.22. The summed E-state index contributed by atoms with van der Waals surface area (Å²) in [5.41, 5.74) is 8.54. The summed E-state index contributed by atoms with van der Waals surface area (Å²) in [5.74, 6) is 0.893. The predicted molar refractivity (Wildman–Crippen MR) is 117 cm³/mol. The van der Waals surface area contributed by atoms with Crippen molar-refractivity contribution in [1.29, 1.82) is 0 Å². The molecule has 0 atom stereocenters. The molecule has 5 heteroatoms. The Kier molecular flexibility index (Phi) is 10.3. The number of aromatic nitrogens is 1. The first-order valence-electron chi connectivity index (χ1n) is 8.69. The molecule has 0 aliphatic rings. The van der Waals surface area contributed by atoms with Gasteiger partial charge >= 0.3 is 0 Å². The summed E-state index contributed by atoms with van der Waals surface area (Å²) in [6.45, 7) is 7.01. The van der Waals surface area contributed by atoms with Crippen LogP contribution < -0.4 is 10.2 Å². The summed E-state index contributed by atoms with van der Waals surface area (Å²) >= 11 is 1.74. The highest BCUT2D eigenvalue weighted by Crippen LogP contribution is 2.23. The number of hydrogen-bond donors (Lipinski definition) is 1. The van der Waals surface area contributed by atoms with Crippen molar-refractivity contribution in [1.82, 2.24) is 4.68 Å². The molecule has 142 valence electrons. The minimum absolute atomic E-state index is 0.893. The molecule has 0 radical (unpaired) electrons. The highest BCUT2D eigenvalue weighted by molar-refractivity contribution is 8.01. The zero-order valence-electron chi connectivity index (χ0n) is 16.7. The van der Waals surface area contributed by atoms with E-state index in [9.17, 15) is 0 Å². The van der Waals surface area contributed by atoms with Gasteiger partial charge in [0.2, 0.25) is 0 Å². The quantitative estimate of drug-likeness (QED) is 0.682. The van der Waals surface area contributed by atoms with Gasteiger partial charge in [0.05, 0.1) is 7.11 Å². The summed E-state index contributed by atoms with van der Waals surface area (Å²) in [7, 11) is 3.44. The molecule has 1 N–H and O–H groups in total. The zero-order valence-corrected chi connectivity index (χ0v) is 17.6. The van der Waals surface area contributed by atoms with E-state index in [-0.39, 0.29) is 0 Å². The van der Waals surface area contributed by atoms with E-state index in [1.54, 1.807) is 32.1 Å². The molecule has 1 aromatic heterocycles. The Bertz CT molecular complexity index is 679. The maximum Gasteiger partial charge on any atom is 0.118 e. The molecule has 0 aliphatic carbocycles. The van der Waals surface area contributed by atoms with Gasteiger partial charge in [-0.1, -0.05) is 12.1 Å². The molecule has 0 spiro atoms. The van der Waals surface area contributed by atoms with Gasteiger partial charge in [-0.3, -0.25) is 4.68 Å². The fraction of sp³-hybridized carbons (Fsp3) is 0.381. The Labute approximate surface area is 162 Å². The average molecular weight is 374 g/mol. The number of aryl methyl sites for hydroxylation is 2. The van der Waals surface area contributed by atoms with Crippen LogP contribution >= 0.6 is 11.8 Å². The second-order valence-corrected chi connectivity index (χ2v) is 6.44. The second-order valence-electron chi connectivity index (χ2n) is 5.73. The Morgan fingerprint density at radius 1 is 1.15 bits per heavy atom. The summed E-state index contributed by atoms with van der Waals surface area (Å²) in [4.78, 5) is 3.61. The van der Waals surface area contributed by atoms with Gasteiger partial charge in [-0.15, -0.1) is 11.8 Å². The monoisotopic (exact) mass is 373 g/mol. The van der Waals surface area contributed by atoms with Gasteiger partial charge in [0.1, 0.15) is 5.75 Å². The number of benzene rings is 1. The fourth-order valence-corrected chi connectivity index (χ4v) is 2.98. The van der Waals surface area contributed by atoms with E-state index in [1.807, 2.05) is 19.1 Å². The lowest BCUT2D eigenvalue weighted by atomic mass is 10.0. The van der Waals surface area contributed by atoms with Crippen molar-refractivity contribution in [2.24, 2.45) is 4.99 Å². The van der Waals surface area contributed by atoms with Crippen LogP contribution in [-0.4, -0.2) is 37.8 Å². The van der Waals surface area contributed by atoms with E-state index >= 15 is 0 Å². The molecule has 0 fully saturated rings. The largest absolute Gasteiger partial charge is 0.497 e. The van der Waals surface area contributed by atoms with Crippen LogP contribution in [0.1, 0.15) is 30.3 Å². The average Bonchev–Trinajstić information content (AvgIpc) is 2.99. The SMILES string of the molecule is CC=NC.COc1ccc(/C(=C/SC)CCNn2c(C)ccc2C)cc1. The van der Waals surface area contributed by atoms with Crippen LogP contribution in [0.15, 0.2) is 46.8 Å². The van der Waals surface area contributed by atoms with Crippen LogP contribution in [0.2, 0.25) is 0 Å². The fourth-order valence-electron chi connectivity index (χ4n) is 2.44. The zero-order chi connectivity index (χ0) is 19.4. The lowest BCUT2D eigenvalue weighted by Crippen LogP contribution is -2.18. The Morgan fingerprint density at radius 3 is 2.19 bits per heavy atom. The molecule has 1 heterocycles. The summed E-state index contributed by atoms with van der Waals surface area (Å²) in [6.07, 6.45) is 4.82. The number of nitrogens with one attached hydrogen (secondary N) is 1. The van der Waals surface area contributed by atoms with Crippen molar-refractivity contribution in [2.75, 3.05) is 32.4 Å². The normalized spacial score (nSPS) is 11.2. The number of nitrogens with zero attached hydrogens (tertiary/aromatic N) is 2. The van der Waals surface area contributed by atoms with E-state index in [1.165, 1.54) is 22.5 Å². The molecule has 4 nitrogen and oxygen atoms in total. The molecule has 0 saturated carbocycles. The molecular formula is C21H31N3OS. The molecule has 26 heavy (non-hydrogen) atoms. The topological polar surface area (TPSA) is 38.5 Å². The Morgan fingerprint density at radius 2 is 1.73 bits per heavy atom. The van der Waals surface area contributed by atoms with Crippen molar-refractivity contribution in [3.8, 4) is 5.75 Å². The smallest absolute Gasteiger partial charge is 0.118 e. The van der Waals surface area contributed by atoms with Crippen molar-refractivity contribution >= 4 is 23.5 Å². The van der Waals surface area contributed by atoms with E-state index in [4.69, 9.17) is 4.74 Å². The highest BCUT2D eigenvalue weighted by atomic mass is 32.2. The number of ether oxygens (including phenoxy) is 1. The molecular weight excluding hydrogens is 342 g/mol. The van der Waals surface area contributed by atoms with Crippen LogP contribution in [0.25, 0.3) is 5.57 Å². The van der Waals surface area contributed by atoms with Crippen molar-refractivity contribution in [3.63, 3.8) is 0 Å². The maximum absolute atomic E-state index is 5.22. The highest BCUT2D eigenvalue weighted by Gasteiger charge is 2.04. The molecule has 2 aromatic rings. The third-order valence-electron chi connectivity index (χ3n) is 3.91. The standard InChI is InChI=1S/C18H24N2OS.C3H7N/c1-14-5-6-15(2)20(14)19-12-11-17(13-22-4)16-7-9-18(21-3)10-8-16;1-3-4-2/h5-10,13,19H,11-12H2,1-4H3;3H,1-2H3/b17-13+;. The minimum Gasteiger partial charge on any atom is -0.497 e. The van der Waals surface area contributed by atoms with Crippen LogP contribution in [0.5, 0.6) is 5.75 Å². The molecule has 0 saturated heterocycles. The first-order valence-corrected chi connectivity index (χ1v) is 9.98. The van der Waals surface area contributed by atoms with Gasteiger partial charge in [0.15, 0.2) is 0 Å². The Balaban J connectivity index is 0.000000765. The van der Waals surface area contributed by atoms with E-state index in [0.29, 0.717) is 0 Å². The van der Waals surface area contributed by atoms with Crippen molar-refractivity contribution in [3.05, 3.63) is 58.8 Å². The second kappa shape index (κ2) is 12.3. The third-order valence-corrected chi connectivity index (χ3v) is 4.43. The number of hydrogen-bond acceptors (Lipinski definition) is 4. The van der Waals surface area contributed by atoms with Crippen LogP contribution in [-0.2, 0) is 0 Å². The summed E-state index contributed by atoms with van der Waals surface area (Å²) in [6, 6.07) is 12.5. The number of thioether (sulfide) groups is 1. The van der Waals surface area contributed by atoms with Gasteiger partial charge in [0.25, 0.3) is 0 Å². The first kappa shape index (κ1) is 21.9. The maximum atomic E-state index is 5.22. The lowest BCUT2D eigenvalue weighted by Gasteiger charge is -2.14. The van der Waals surface area contributed by atoms with Crippen LogP contribution in [0, 0.1) is 13.8 Å². The van der Waals surface area contributed by atoms with Crippen molar-refractivity contribution < 1.29 is 4.74 Å². The summed E-state index contributed by atoms with van der Waals surface area (Å²) < 4.78 is 7.37. The number of rotatable bonds is 7. The predicted octanol–water partition coefficient (Wildman–Crippen LogP) is 5.16. The van der Waals surface area contributed by atoms with Gasteiger partial charge in [-0.05, 0) is 80.5 Å². The van der Waals surface area contributed by atoms with Gasteiger partial charge in [-0.2, -0.15) is 0 Å². The van der Waals surface area contributed by atoms with Gasteiger partial charge in [0, 0.05) is 25.0 Å². The first-order chi connectivity index (χ1) is 12.6. The minimum atomic E-state index is 0.893. The van der Waals surface area contributed by atoms with E-state index in [0.717, 1.165) is 18.7 Å². The van der Waals surface area contributed by atoms with Crippen LogP contribution in [0.4, 0.5) is 0 Å². The van der Waals surface area contributed by atoms with Gasteiger partial charge < -0.3 is 15.2 Å². The number of methoxy groups -OCH3 is 1. The van der Waals surface area contributed by atoms with E-state index < -0.39 is 0 Å². The molecule has 0 amide bonds. The molecule has 0 bridgehead atoms. The Hall–Kier alpha value is -2.14. The lowest BCUT2D eigenvalue weighted by molar-refractivity contribution is 0.415. The molecule has 0 aliphatic heterocycles. The van der Waals surface area contributed by atoms with E-state index in [2.05, 4.69) is 64.9 Å². The third kappa shape index (κ3) is 7.00. The molecule has 2 rings (SSSR count).